The molecular weight excluding hydrogens is 259 g/mol. The van der Waals surface area contributed by atoms with Gasteiger partial charge in [-0.3, -0.25) is 9.69 Å². The lowest BCUT2D eigenvalue weighted by atomic mass is 9.82. The lowest BCUT2D eigenvalue weighted by Gasteiger charge is -2.46. The molecule has 0 amide bonds. The van der Waals surface area contributed by atoms with Crippen LogP contribution in [0.1, 0.15) is 25.7 Å². The van der Waals surface area contributed by atoms with Crippen molar-refractivity contribution >= 4 is 5.78 Å². The smallest absolute Gasteiger partial charge is 0.301 e. The number of piperidine rings is 1. The minimum atomic E-state index is -2.32. The lowest BCUT2D eigenvalue weighted by Crippen LogP contribution is -2.55. The van der Waals surface area contributed by atoms with Gasteiger partial charge in [0, 0.05) is 30.8 Å². The number of nitrogens with zero attached hydrogens (tertiary/aromatic N) is 1. The van der Waals surface area contributed by atoms with E-state index in [0.717, 1.165) is 0 Å². The number of rotatable bonds is 4. The molecule has 2 unspecified atom stereocenters. The molecule has 2 rings (SSSR count). The molecule has 0 aromatic rings. The number of likely N-dealkylation sites (N-methyl/N-ethyl adjacent to an activating group) is 1. The van der Waals surface area contributed by atoms with Crippen molar-refractivity contribution in [1.82, 2.24) is 4.90 Å². The van der Waals surface area contributed by atoms with Crippen LogP contribution in [0, 0.1) is 5.92 Å². The molecule has 0 aliphatic carbocycles. The van der Waals surface area contributed by atoms with E-state index in [9.17, 15) is 18.0 Å². The van der Waals surface area contributed by atoms with E-state index in [-0.39, 0.29) is 30.2 Å². The highest BCUT2D eigenvalue weighted by molar-refractivity contribution is 5.81. The van der Waals surface area contributed by atoms with E-state index >= 15 is 0 Å². The third kappa shape index (κ3) is 3.36. The van der Waals surface area contributed by atoms with Gasteiger partial charge in [0.15, 0.2) is 5.83 Å². The number of carbonyl (C=O) groups excluding carboxylic acids is 1. The average Bonchev–Trinajstić information content (AvgIpc) is 2.34. The quantitative estimate of drug-likeness (QED) is 0.791. The third-order valence-corrected chi connectivity index (χ3v) is 4.14. The SMILES string of the molecule is CN1C2COCC1CC(C(=O)CCC(F)=C(F)F)C2. The fourth-order valence-corrected chi connectivity index (χ4v) is 2.89. The fourth-order valence-electron chi connectivity index (χ4n) is 2.89. The number of halogens is 3. The summed E-state index contributed by atoms with van der Waals surface area (Å²) in [7, 11) is 2.01. The van der Waals surface area contributed by atoms with Crippen molar-refractivity contribution in [1.29, 1.82) is 0 Å². The molecule has 2 atom stereocenters. The van der Waals surface area contributed by atoms with Gasteiger partial charge in [-0.05, 0) is 19.9 Å². The fraction of sp³-hybridized carbons (Fsp3) is 0.769. The van der Waals surface area contributed by atoms with Gasteiger partial charge in [0.05, 0.1) is 13.2 Å². The summed E-state index contributed by atoms with van der Waals surface area (Å²) >= 11 is 0. The summed E-state index contributed by atoms with van der Waals surface area (Å²) in [6, 6.07) is 0.416. The predicted octanol–water partition coefficient (Wildman–Crippen LogP) is 2.52. The van der Waals surface area contributed by atoms with E-state index in [4.69, 9.17) is 4.74 Å². The maximum absolute atomic E-state index is 12.7. The average molecular weight is 277 g/mol. The van der Waals surface area contributed by atoms with Crippen molar-refractivity contribution in [3.05, 3.63) is 11.9 Å². The van der Waals surface area contributed by atoms with Crippen LogP contribution in [0.25, 0.3) is 0 Å². The normalized spacial score (nSPS) is 31.1. The van der Waals surface area contributed by atoms with E-state index in [1.54, 1.807) is 0 Å². The van der Waals surface area contributed by atoms with Crippen LogP contribution in [-0.2, 0) is 9.53 Å². The number of morpholine rings is 1. The molecule has 0 aromatic heterocycles. The van der Waals surface area contributed by atoms with Crippen molar-refractivity contribution in [3.63, 3.8) is 0 Å². The van der Waals surface area contributed by atoms with E-state index < -0.39 is 18.3 Å². The first-order valence-electron chi connectivity index (χ1n) is 6.51. The largest absolute Gasteiger partial charge is 0.378 e. The number of Topliss-reactive ketones (excluding diaryl/α,β-unsaturated/α-hetero) is 1. The first kappa shape index (κ1) is 14.5. The molecule has 0 spiro atoms. The molecular formula is C13H18F3NO2. The number of ketones is 1. The Bertz CT molecular complexity index is 368. The van der Waals surface area contributed by atoms with Crippen LogP contribution in [0.3, 0.4) is 0 Å². The topological polar surface area (TPSA) is 29.5 Å². The van der Waals surface area contributed by atoms with Crippen LogP contribution in [0.15, 0.2) is 11.9 Å². The Balaban J connectivity index is 1.89. The number of hydrogen-bond acceptors (Lipinski definition) is 3. The van der Waals surface area contributed by atoms with Crippen LogP contribution < -0.4 is 0 Å². The second kappa shape index (κ2) is 6.05. The lowest BCUT2D eigenvalue weighted by molar-refractivity contribution is -0.131. The minimum Gasteiger partial charge on any atom is -0.378 e. The second-order valence-electron chi connectivity index (χ2n) is 5.31. The Morgan fingerprint density at radius 3 is 2.26 bits per heavy atom. The summed E-state index contributed by atoms with van der Waals surface area (Å²) in [4.78, 5) is 14.2. The van der Waals surface area contributed by atoms with Gasteiger partial charge in [0.25, 0.3) is 0 Å². The van der Waals surface area contributed by atoms with E-state index in [0.29, 0.717) is 26.1 Å². The predicted molar refractivity (Wildman–Crippen MR) is 63.5 cm³/mol. The molecule has 0 radical (unpaired) electrons. The Kier molecular flexibility index (Phi) is 4.62. The minimum absolute atomic E-state index is 0.110. The third-order valence-electron chi connectivity index (χ3n) is 4.14. The zero-order chi connectivity index (χ0) is 14.0. The molecule has 2 fully saturated rings. The van der Waals surface area contributed by atoms with Crippen molar-refractivity contribution in [2.75, 3.05) is 20.3 Å². The molecule has 2 bridgehead atoms. The van der Waals surface area contributed by atoms with Gasteiger partial charge in [0.1, 0.15) is 5.78 Å². The molecule has 2 saturated heterocycles. The highest BCUT2D eigenvalue weighted by Crippen LogP contribution is 2.32. The maximum atomic E-state index is 12.7. The molecule has 2 heterocycles. The van der Waals surface area contributed by atoms with Crippen LogP contribution in [0.5, 0.6) is 0 Å². The summed E-state index contributed by atoms with van der Waals surface area (Å²) in [6.45, 7) is 1.20. The molecule has 2 aliphatic heterocycles. The number of allylic oxidation sites excluding steroid dienone is 1. The van der Waals surface area contributed by atoms with Gasteiger partial charge >= 0.3 is 6.08 Å². The van der Waals surface area contributed by atoms with Gasteiger partial charge in [-0.15, -0.1) is 0 Å². The number of fused-ring (bicyclic) bond motifs is 2. The van der Waals surface area contributed by atoms with Crippen molar-refractivity contribution < 1.29 is 22.7 Å². The van der Waals surface area contributed by atoms with Gasteiger partial charge in [-0.25, -0.2) is 4.39 Å². The first-order valence-corrected chi connectivity index (χ1v) is 6.51. The number of hydrogen-bond donors (Lipinski definition) is 0. The Labute approximate surface area is 110 Å². The van der Waals surface area contributed by atoms with Crippen LogP contribution in [0.4, 0.5) is 13.2 Å². The van der Waals surface area contributed by atoms with Crippen molar-refractivity contribution in [2.24, 2.45) is 5.92 Å². The van der Waals surface area contributed by atoms with Crippen LogP contribution in [-0.4, -0.2) is 43.0 Å². The van der Waals surface area contributed by atoms with E-state index in [1.165, 1.54) is 0 Å². The van der Waals surface area contributed by atoms with Gasteiger partial charge < -0.3 is 4.74 Å². The molecule has 19 heavy (non-hydrogen) atoms. The van der Waals surface area contributed by atoms with Gasteiger partial charge in [-0.2, -0.15) is 8.78 Å². The van der Waals surface area contributed by atoms with E-state index in [1.807, 2.05) is 7.05 Å². The summed E-state index contributed by atoms with van der Waals surface area (Å²) in [5.41, 5.74) is 0. The summed E-state index contributed by atoms with van der Waals surface area (Å²) in [5, 5.41) is 0. The Morgan fingerprint density at radius 1 is 1.16 bits per heavy atom. The highest BCUT2D eigenvalue weighted by atomic mass is 19.3. The zero-order valence-corrected chi connectivity index (χ0v) is 10.9. The number of ether oxygens (including phenoxy) is 1. The van der Waals surface area contributed by atoms with Gasteiger partial charge in [0.2, 0.25) is 0 Å². The Hall–Kier alpha value is -0.880. The molecule has 0 N–H and O–H groups in total. The highest BCUT2D eigenvalue weighted by Gasteiger charge is 2.39. The summed E-state index contributed by atoms with van der Waals surface area (Å²) < 4.78 is 42.0. The Morgan fingerprint density at radius 2 is 1.74 bits per heavy atom. The maximum Gasteiger partial charge on any atom is 0.301 e. The first-order chi connectivity index (χ1) is 8.99. The molecule has 2 aliphatic rings. The van der Waals surface area contributed by atoms with Gasteiger partial charge in [-0.1, -0.05) is 0 Å². The standard InChI is InChI=1S/C13H18F3NO2/c1-17-9-4-8(5-10(17)7-19-6-9)12(18)3-2-11(14)13(15)16/h8-10H,2-7H2,1H3. The van der Waals surface area contributed by atoms with Crippen molar-refractivity contribution in [3.8, 4) is 0 Å². The monoisotopic (exact) mass is 277 g/mol. The van der Waals surface area contributed by atoms with Crippen LogP contribution in [0.2, 0.25) is 0 Å². The second-order valence-corrected chi connectivity index (χ2v) is 5.31. The molecule has 3 nitrogen and oxygen atoms in total. The zero-order valence-electron chi connectivity index (χ0n) is 10.9. The molecule has 108 valence electrons. The summed E-state index contributed by atoms with van der Waals surface area (Å²) in [5.74, 6) is -1.73. The van der Waals surface area contributed by atoms with Crippen LogP contribution >= 0.6 is 0 Å². The van der Waals surface area contributed by atoms with Crippen molar-refractivity contribution in [2.45, 2.75) is 37.8 Å². The molecule has 6 heteroatoms. The number of carbonyl (C=O) groups is 1. The summed E-state index contributed by atoms with van der Waals surface area (Å²) in [6.07, 6.45) is -1.59. The molecule has 0 saturated carbocycles. The van der Waals surface area contributed by atoms with E-state index in [2.05, 4.69) is 4.90 Å². The molecule has 0 aromatic carbocycles.